The number of hydrogen-bond donors (Lipinski definition) is 0. The Morgan fingerprint density at radius 2 is 0.911 bits per heavy atom. The summed E-state index contributed by atoms with van der Waals surface area (Å²) in [6.45, 7) is 0. The Hall–Kier alpha value is -7.21. The molecule has 0 aliphatic heterocycles. The molecule has 0 bridgehead atoms. The average Bonchev–Trinajstić information content (AvgIpc) is 3.86. The maximum Gasteiger partial charge on any atom is 0.167 e. The summed E-state index contributed by atoms with van der Waals surface area (Å²) in [5.41, 5.74) is 11.4. The van der Waals surface area contributed by atoms with Crippen molar-refractivity contribution >= 4 is 53.4 Å². The molecule has 11 rings (SSSR count). The Balaban J connectivity index is 1.06. The van der Waals surface area contributed by atoms with Gasteiger partial charge in [0.05, 0.1) is 5.56 Å². The minimum absolute atomic E-state index is 0.564. The van der Waals surface area contributed by atoms with Crippen LogP contribution in [0.3, 0.4) is 0 Å². The van der Waals surface area contributed by atoms with Gasteiger partial charge in [0.15, 0.2) is 17.5 Å². The van der Waals surface area contributed by atoms with Crippen molar-refractivity contribution in [2.24, 2.45) is 0 Å². The second-order valence-electron chi connectivity index (χ2n) is 13.9. The monoisotopic (exact) mass is 733 g/mol. The van der Waals surface area contributed by atoms with Gasteiger partial charge in [0.2, 0.25) is 0 Å². The van der Waals surface area contributed by atoms with Gasteiger partial charge in [-0.25, -0.2) is 15.0 Å². The summed E-state index contributed by atoms with van der Waals surface area (Å²) in [5.74, 6) is 1.78. The van der Waals surface area contributed by atoms with Gasteiger partial charge in [-0.3, -0.25) is 0 Å². The molecule has 0 N–H and O–H groups in total. The number of thiophene rings is 1. The zero-order valence-electron chi connectivity index (χ0n) is 30.1. The molecule has 0 unspecified atom stereocenters. The Morgan fingerprint density at radius 3 is 1.66 bits per heavy atom. The van der Waals surface area contributed by atoms with Crippen LogP contribution in [0.1, 0.15) is 0 Å². The van der Waals surface area contributed by atoms with E-state index in [9.17, 15) is 0 Å². The molecule has 5 heteroatoms. The molecule has 0 saturated heterocycles. The predicted octanol–water partition coefficient (Wildman–Crippen LogP) is 14.1. The number of fused-ring (bicyclic) bond motifs is 6. The largest absolute Gasteiger partial charge is 0.455 e. The van der Waals surface area contributed by atoms with E-state index >= 15 is 0 Å². The Morgan fingerprint density at radius 1 is 0.357 bits per heavy atom. The average molecular weight is 734 g/mol. The fraction of sp³-hybridized carbons (Fsp3) is 0. The minimum Gasteiger partial charge on any atom is -0.455 e. The summed E-state index contributed by atoms with van der Waals surface area (Å²) in [7, 11) is 0. The third kappa shape index (κ3) is 5.48. The number of para-hydroxylation sites is 1. The lowest BCUT2D eigenvalue weighted by Crippen LogP contribution is -2.00. The number of aromatic nitrogens is 3. The second-order valence-corrected chi connectivity index (χ2v) is 15.0. The van der Waals surface area contributed by atoms with Gasteiger partial charge >= 0.3 is 0 Å². The summed E-state index contributed by atoms with van der Waals surface area (Å²) in [5, 5.41) is 4.62. The van der Waals surface area contributed by atoms with Gasteiger partial charge < -0.3 is 4.42 Å². The Bertz CT molecular complexity index is 3230. The van der Waals surface area contributed by atoms with Crippen molar-refractivity contribution in [1.29, 1.82) is 0 Å². The maximum atomic E-state index is 6.71. The van der Waals surface area contributed by atoms with Gasteiger partial charge in [-0.2, -0.15) is 0 Å². The lowest BCUT2D eigenvalue weighted by molar-refractivity contribution is 0.669. The summed E-state index contributed by atoms with van der Waals surface area (Å²) < 4.78 is 9.28. The first kappa shape index (κ1) is 32.2. The van der Waals surface area contributed by atoms with Crippen LogP contribution in [0.15, 0.2) is 192 Å². The molecule has 0 spiro atoms. The van der Waals surface area contributed by atoms with Crippen molar-refractivity contribution in [3.63, 3.8) is 0 Å². The standard InChI is InChI=1S/C51H31N3OS/c1-4-13-32(14-5-1)33-23-25-36(26-24-33)50-52-49(35-17-8-3-9-18-35)53-51(54-50)42-21-12-20-40-43-31-37(27-30-44(43)55-47(40)42)38-28-29-39(34-15-6-2-7-16-34)48-46(38)41-19-10-11-22-45(41)56-48/h1-31H. The molecule has 0 aliphatic rings. The predicted molar refractivity (Wildman–Crippen MR) is 233 cm³/mol. The van der Waals surface area contributed by atoms with E-state index in [1.54, 1.807) is 0 Å². The van der Waals surface area contributed by atoms with Crippen LogP contribution in [0, 0.1) is 0 Å². The summed E-state index contributed by atoms with van der Waals surface area (Å²) in [6, 6.07) is 65.6. The SMILES string of the molecule is c1ccc(-c2ccc(-c3nc(-c4ccccc4)nc(-c4cccc5c4oc4ccc(-c6ccc(-c7ccccc7)c7sc8ccccc8c67)cc45)n3)cc2)cc1. The summed E-state index contributed by atoms with van der Waals surface area (Å²) in [4.78, 5) is 15.1. The Kier molecular flexibility index (Phi) is 7.64. The Labute approximate surface area is 327 Å². The minimum atomic E-state index is 0.564. The number of hydrogen-bond acceptors (Lipinski definition) is 5. The molecule has 262 valence electrons. The molecule has 56 heavy (non-hydrogen) atoms. The molecule has 4 nitrogen and oxygen atoms in total. The van der Waals surface area contributed by atoms with E-state index in [1.165, 1.54) is 36.9 Å². The highest BCUT2D eigenvalue weighted by Gasteiger charge is 2.20. The van der Waals surface area contributed by atoms with E-state index in [1.807, 2.05) is 53.8 Å². The summed E-state index contributed by atoms with van der Waals surface area (Å²) >= 11 is 1.86. The molecule has 0 fully saturated rings. The molecular weight excluding hydrogens is 703 g/mol. The smallest absolute Gasteiger partial charge is 0.167 e. The van der Waals surface area contributed by atoms with Gasteiger partial charge in [0.25, 0.3) is 0 Å². The maximum absolute atomic E-state index is 6.71. The first-order valence-electron chi connectivity index (χ1n) is 18.7. The molecule has 0 saturated carbocycles. The normalized spacial score (nSPS) is 11.6. The van der Waals surface area contributed by atoms with Crippen LogP contribution >= 0.6 is 11.3 Å². The van der Waals surface area contributed by atoms with Crippen LogP contribution in [-0.4, -0.2) is 15.0 Å². The third-order valence-corrected chi connectivity index (χ3v) is 11.8. The molecular formula is C51H31N3OS. The lowest BCUT2D eigenvalue weighted by atomic mass is 9.94. The van der Waals surface area contributed by atoms with Crippen LogP contribution in [0.2, 0.25) is 0 Å². The van der Waals surface area contributed by atoms with Gasteiger partial charge in [-0.15, -0.1) is 11.3 Å². The lowest BCUT2D eigenvalue weighted by Gasteiger charge is -2.10. The van der Waals surface area contributed by atoms with Gasteiger partial charge in [-0.05, 0) is 57.6 Å². The molecule has 0 atom stereocenters. The van der Waals surface area contributed by atoms with E-state index in [0.29, 0.717) is 17.5 Å². The number of benzene rings is 8. The zero-order valence-corrected chi connectivity index (χ0v) is 30.9. The molecule has 0 radical (unpaired) electrons. The first-order chi connectivity index (χ1) is 27.7. The quantitative estimate of drug-likeness (QED) is 0.171. The zero-order chi connectivity index (χ0) is 37.0. The van der Waals surface area contributed by atoms with Gasteiger partial charge in [-0.1, -0.05) is 164 Å². The van der Waals surface area contributed by atoms with Crippen LogP contribution < -0.4 is 0 Å². The first-order valence-corrected chi connectivity index (χ1v) is 19.5. The molecule has 8 aromatic carbocycles. The highest BCUT2D eigenvalue weighted by molar-refractivity contribution is 7.26. The van der Waals surface area contributed by atoms with E-state index in [2.05, 4.69) is 146 Å². The molecule has 11 aromatic rings. The van der Waals surface area contributed by atoms with Gasteiger partial charge in [0, 0.05) is 42.1 Å². The molecule has 0 aliphatic carbocycles. The third-order valence-electron chi connectivity index (χ3n) is 10.6. The van der Waals surface area contributed by atoms with Crippen molar-refractivity contribution in [3.8, 4) is 67.5 Å². The number of furan rings is 1. The topological polar surface area (TPSA) is 51.8 Å². The molecule has 3 heterocycles. The van der Waals surface area contributed by atoms with Crippen molar-refractivity contribution in [3.05, 3.63) is 188 Å². The molecule has 3 aromatic heterocycles. The van der Waals surface area contributed by atoms with Crippen molar-refractivity contribution < 1.29 is 4.42 Å². The van der Waals surface area contributed by atoms with Crippen LogP contribution in [0.5, 0.6) is 0 Å². The van der Waals surface area contributed by atoms with E-state index in [0.717, 1.165) is 55.3 Å². The highest BCUT2D eigenvalue weighted by Crippen LogP contribution is 2.46. The van der Waals surface area contributed by atoms with E-state index < -0.39 is 0 Å². The fourth-order valence-electron chi connectivity index (χ4n) is 7.84. The second kappa shape index (κ2) is 13.3. The number of rotatable bonds is 6. The van der Waals surface area contributed by atoms with Crippen molar-refractivity contribution in [2.45, 2.75) is 0 Å². The van der Waals surface area contributed by atoms with Crippen molar-refractivity contribution in [2.75, 3.05) is 0 Å². The fourth-order valence-corrected chi connectivity index (χ4v) is 9.10. The summed E-state index contributed by atoms with van der Waals surface area (Å²) in [6.07, 6.45) is 0. The van der Waals surface area contributed by atoms with Gasteiger partial charge in [0.1, 0.15) is 11.2 Å². The van der Waals surface area contributed by atoms with Crippen molar-refractivity contribution in [1.82, 2.24) is 15.0 Å². The highest BCUT2D eigenvalue weighted by atomic mass is 32.1. The van der Waals surface area contributed by atoms with Crippen LogP contribution in [0.25, 0.3) is 110 Å². The van der Waals surface area contributed by atoms with Crippen LogP contribution in [-0.2, 0) is 0 Å². The molecule has 0 amide bonds. The number of nitrogens with zero attached hydrogens (tertiary/aromatic N) is 3. The van der Waals surface area contributed by atoms with E-state index in [4.69, 9.17) is 19.4 Å². The van der Waals surface area contributed by atoms with E-state index in [-0.39, 0.29) is 0 Å². The van der Waals surface area contributed by atoms with Crippen LogP contribution in [0.4, 0.5) is 0 Å².